The highest BCUT2D eigenvalue weighted by atomic mass is 32.2. The molecule has 1 aromatic heterocycles. The number of H-pyrrole nitrogens is 1. The Morgan fingerprint density at radius 2 is 1.86 bits per heavy atom. The van der Waals surface area contributed by atoms with Crippen molar-refractivity contribution in [1.82, 2.24) is 14.6 Å². The highest BCUT2D eigenvalue weighted by Crippen LogP contribution is 2.34. The van der Waals surface area contributed by atoms with Crippen LogP contribution in [0.3, 0.4) is 0 Å². The number of aromatic amines is 1. The minimum Gasteiger partial charge on any atom is -0.356 e. The number of nitrogens with zero attached hydrogens (tertiary/aromatic N) is 1. The predicted octanol–water partition coefficient (Wildman–Crippen LogP) is 2.98. The third kappa shape index (κ3) is 3.43. The minimum atomic E-state index is -3.59. The summed E-state index contributed by atoms with van der Waals surface area (Å²) in [4.78, 5) is 18.2. The molecule has 1 aliphatic heterocycles. The van der Waals surface area contributed by atoms with Crippen LogP contribution in [-0.4, -0.2) is 37.3 Å². The molecule has 0 unspecified atom stereocenters. The maximum Gasteiger partial charge on any atom is 0.240 e. The van der Waals surface area contributed by atoms with Crippen molar-refractivity contribution in [2.45, 2.75) is 30.7 Å². The predicted molar refractivity (Wildman–Crippen MR) is 108 cm³/mol. The van der Waals surface area contributed by atoms with Crippen molar-refractivity contribution in [3.8, 4) is 0 Å². The monoisotopic (exact) mass is 397 g/mol. The number of aromatic nitrogens is 1. The molecule has 6 nitrogen and oxygen atoms in total. The van der Waals surface area contributed by atoms with E-state index in [4.69, 9.17) is 0 Å². The standard InChI is InChI=1S/C21H23N3O3S/c1-15-21-18(17-9-5-6-10-19(17)23-21)12-14-24(15)20(25)11-13-22-28(26,27)16-7-3-2-4-8-16/h2-10,15,22-23H,11-14H2,1H3/t15-/m0/s1. The third-order valence-corrected chi connectivity index (χ3v) is 6.82. The van der Waals surface area contributed by atoms with Crippen molar-refractivity contribution >= 4 is 26.8 Å². The van der Waals surface area contributed by atoms with E-state index in [1.807, 2.05) is 30.0 Å². The van der Waals surface area contributed by atoms with Crippen LogP contribution in [0.4, 0.5) is 0 Å². The van der Waals surface area contributed by atoms with E-state index in [1.54, 1.807) is 18.2 Å². The van der Waals surface area contributed by atoms with E-state index in [1.165, 1.54) is 23.1 Å². The second-order valence-corrected chi connectivity index (χ2v) is 8.80. The summed E-state index contributed by atoms with van der Waals surface area (Å²) in [6.45, 7) is 2.73. The summed E-state index contributed by atoms with van der Waals surface area (Å²) < 4.78 is 27.1. The molecule has 0 radical (unpaired) electrons. The molecule has 0 bridgehead atoms. The normalized spacial score (nSPS) is 16.9. The molecule has 0 aliphatic carbocycles. The molecule has 0 saturated heterocycles. The molecule has 1 atom stereocenters. The maximum absolute atomic E-state index is 12.7. The Bertz CT molecular complexity index is 1110. The van der Waals surface area contributed by atoms with Gasteiger partial charge >= 0.3 is 0 Å². The topological polar surface area (TPSA) is 82.3 Å². The lowest BCUT2D eigenvalue weighted by Gasteiger charge is -2.33. The van der Waals surface area contributed by atoms with E-state index in [9.17, 15) is 13.2 Å². The molecule has 4 rings (SSSR count). The fourth-order valence-corrected chi connectivity index (χ4v) is 4.94. The quantitative estimate of drug-likeness (QED) is 0.694. The average Bonchev–Trinajstić information content (AvgIpc) is 3.08. The van der Waals surface area contributed by atoms with Gasteiger partial charge in [-0.3, -0.25) is 4.79 Å². The number of nitrogens with one attached hydrogen (secondary N) is 2. The molecule has 2 N–H and O–H groups in total. The Morgan fingerprint density at radius 1 is 1.14 bits per heavy atom. The second kappa shape index (κ2) is 7.41. The summed E-state index contributed by atoms with van der Waals surface area (Å²) in [6, 6.07) is 16.3. The van der Waals surface area contributed by atoms with Gasteiger partial charge in [-0.2, -0.15) is 0 Å². The maximum atomic E-state index is 12.7. The Labute approximate surface area is 164 Å². The van der Waals surface area contributed by atoms with E-state index in [0.717, 1.165) is 17.6 Å². The van der Waals surface area contributed by atoms with Crippen LogP contribution in [0.25, 0.3) is 10.9 Å². The highest BCUT2D eigenvalue weighted by Gasteiger charge is 2.30. The van der Waals surface area contributed by atoms with Crippen molar-refractivity contribution in [3.05, 3.63) is 65.9 Å². The lowest BCUT2D eigenvalue weighted by Crippen LogP contribution is -2.40. The summed E-state index contributed by atoms with van der Waals surface area (Å²) in [5.41, 5.74) is 3.44. The molecule has 146 valence electrons. The molecule has 0 fully saturated rings. The van der Waals surface area contributed by atoms with Crippen LogP contribution >= 0.6 is 0 Å². The molecule has 3 aromatic rings. The van der Waals surface area contributed by atoms with Crippen LogP contribution in [0, 0.1) is 0 Å². The number of sulfonamides is 1. The first-order chi connectivity index (χ1) is 13.5. The number of carbonyl (C=O) groups is 1. The fraction of sp³-hybridized carbons (Fsp3) is 0.286. The Kier molecular flexibility index (Phi) is 4.95. The molecule has 2 heterocycles. The number of rotatable bonds is 5. The Hall–Kier alpha value is -2.64. The lowest BCUT2D eigenvalue weighted by molar-refractivity contribution is -0.133. The molecular weight excluding hydrogens is 374 g/mol. The van der Waals surface area contributed by atoms with Crippen LogP contribution in [0.15, 0.2) is 59.5 Å². The van der Waals surface area contributed by atoms with Crippen LogP contribution in [0.5, 0.6) is 0 Å². The zero-order valence-electron chi connectivity index (χ0n) is 15.7. The molecular formula is C21H23N3O3S. The minimum absolute atomic E-state index is 0.0485. The van der Waals surface area contributed by atoms with Crippen LogP contribution in [0.2, 0.25) is 0 Å². The molecule has 2 aromatic carbocycles. The van der Waals surface area contributed by atoms with Crippen molar-refractivity contribution in [3.63, 3.8) is 0 Å². The molecule has 1 amide bonds. The summed E-state index contributed by atoms with van der Waals surface area (Å²) in [5.74, 6) is -0.0485. The smallest absolute Gasteiger partial charge is 0.240 e. The van der Waals surface area contributed by atoms with Gasteiger partial charge in [0.15, 0.2) is 0 Å². The van der Waals surface area contributed by atoms with E-state index < -0.39 is 10.0 Å². The number of para-hydroxylation sites is 1. The number of fused-ring (bicyclic) bond motifs is 3. The van der Waals surface area contributed by atoms with Crippen molar-refractivity contribution in [2.24, 2.45) is 0 Å². The molecule has 28 heavy (non-hydrogen) atoms. The number of hydrogen-bond donors (Lipinski definition) is 2. The lowest BCUT2D eigenvalue weighted by atomic mass is 9.98. The van der Waals surface area contributed by atoms with E-state index in [2.05, 4.69) is 15.8 Å². The van der Waals surface area contributed by atoms with Gasteiger partial charge in [0.05, 0.1) is 10.9 Å². The van der Waals surface area contributed by atoms with Gasteiger partial charge in [-0.1, -0.05) is 36.4 Å². The fourth-order valence-electron chi connectivity index (χ4n) is 3.89. The number of hydrogen-bond acceptors (Lipinski definition) is 3. The zero-order valence-corrected chi connectivity index (χ0v) is 16.5. The van der Waals surface area contributed by atoms with Gasteiger partial charge in [0.1, 0.15) is 0 Å². The summed E-state index contributed by atoms with van der Waals surface area (Å²) in [7, 11) is -3.59. The molecule has 0 spiro atoms. The van der Waals surface area contributed by atoms with Gasteiger partial charge in [-0.05, 0) is 37.1 Å². The van der Waals surface area contributed by atoms with Gasteiger partial charge in [-0.25, -0.2) is 13.1 Å². The zero-order chi connectivity index (χ0) is 19.7. The Balaban J connectivity index is 1.42. The summed E-state index contributed by atoms with van der Waals surface area (Å²) in [6.07, 6.45) is 0.928. The van der Waals surface area contributed by atoms with Crippen LogP contribution < -0.4 is 4.72 Å². The van der Waals surface area contributed by atoms with Crippen molar-refractivity contribution in [1.29, 1.82) is 0 Å². The van der Waals surface area contributed by atoms with Crippen LogP contribution in [0.1, 0.15) is 30.6 Å². The second-order valence-electron chi connectivity index (χ2n) is 7.04. The number of amides is 1. The average molecular weight is 398 g/mol. The van der Waals surface area contributed by atoms with Gasteiger partial charge < -0.3 is 9.88 Å². The molecule has 0 saturated carbocycles. The van der Waals surface area contributed by atoms with Crippen LogP contribution in [-0.2, 0) is 21.2 Å². The third-order valence-electron chi connectivity index (χ3n) is 5.34. The first-order valence-corrected chi connectivity index (χ1v) is 10.9. The number of benzene rings is 2. The largest absolute Gasteiger partial charge is 0.356 e. The van der Waals surface area contributed by atoms with Crippen molar-refractivity contribution in [2.75, 3.05) is 13.1 Å². The SMILES string of the molecule is C[C@H]1c2[nH]c3ccccc3c2CCN1C(=O)CCNS(=O)(=O)c1ccccc1. The van der Waals surface area contributed by atoms with Gasteiger partial charge in [0.2, 0.25) is 15.9 Å². The Morgan fingerprint density at radius 3 is 2.64 bits per heavy atom. The number of carbonyl (C=O) groups excluding carboxylic acids is 1. The van der Waals surface area contributed by atoms with E-state index in [0.29, 0.717) is 6.54 Å². The van der Waals surface area contributed by atoms with Gasteiger partial charge in [-0.15, -0.1) is 0 Å². The molecule has 1 aliphatic rings. The summed E-state index contributed by atoms with van der Waals surface area (Å²) in [5, 5.41) is 1.21. The summed E-state index contributed by atoms with van der Waals surface area (Å²) >= 11 is 0. The van der Waals surface area contributed by atoms with Gasteiger partial charge in [0.25, 0.3) is 0 Å². The van der Waals surface area contributed by atoms with E-state index in [-0.39, 0.29) is 29.8 Å². The van der Waals surface area contributed by atoms with E-state index >= 15 is 0 Å². The first-order valence-electron chi connectivity index (χ1n) is 9.41. The van der Waals surface area contributed by atoms with Crippen molar-refractivity contribution < 1.29 is 13.2 Å². The molecule has 7 heteroatoms. The van der Waals surface area contributed by atoms with Gasteiger partial charge in [0, 0.05) is 36.1 Å². The highest BCUT2D eigenvalue weighted by molar-refractivity contribution is 7.89. The first kappa shape index (κ1) is 18.7.